The van der Waals surface area contributed by atoms with Crippen molar-refractivity contribution in [3.8, 4) is 0 Å². The molecule has 0 atom stereocenters. The molecule has 0 aliphatic carbocycles. The van der Waals surface area contributed by atoms with E-state index in [4.69, 9.17) is 0 Å². The van der Waals surface area contributed by atoms with Gasteiger partial charge in [0.25, 0.3) is 10.0 Å². The molecule has 29 heavy (non-hydrogen) atoms. The molecule has 2 aromatic rings. The predicted octanol–water partition coefficient (Wildman–Crippen LogP) is 3.48. The molecule has 0 unspecified atom stereocenters. The molecule has 1 heterocycles. The van der Waals surface area contributed by atoms with Crippen molar-refractivity contribution in [2.45, 2.75) is 36.5 Å². The number of benzene rings is 2. The molecular formula is C21H27ClN2O4S. The zero-order valence-electron chi connectivity index (χ0n) is 16.4. The molecule has 8 heteroatoms. The number of hydrogen-bond donors (Lipinski definition) is 2. The SMILES string of the molecule is COC(=O)CCc1ccc(S(=O)(=O)Nc2ccc(C3CCNCC3)cc2)cc1.Cl. The fraction of sp³-hybridized carbons (Fsp3) is 0.381. The zero-order chi connectivity index (χ0) is 20.0. The number of anilines is 1. The van der Waals surface area contributed by atoms with Gasteiger partial charge in [0.1, 0.15) is 0 Å². The van der Waals surface area contributed by atoms with Crippen molar-refractivity contribution in [3.05, 3.63) is 59.7 Å². The van der Waals surface area contributed by atoms with Crippen LogP contribution in [-0.4, -0.2) is 34.6 Å². The summed E-state index contributed by atoms with van der Waals surface area (Å²) in [6.07, 6.45) is 2.99. The number of rotatable bonds is 7. The summed E-state index contributed by atoms with van der Waals surface area (Å²) in [5.74, 6) is 0.246. The lowest BCUT2D eigenvalue weighted by atomic mass is 9.90. The second-order valence-electron chi connectivity index (χ2n) is 6.97. The van der Waals surface area contributed by atoms with E-state index in [2.05, 4.69) is 14.8 Å². The summed E-state index contributed by atoms with van der Waals surface area (Å²) < 4.78 is 32.5. The average Bonchev–Trinajstić information content (AvgIpc) is 2.73. The van der Waals surface area contributed by atoms with Gasteiger partial charge in [0.05, 0.1) is 12.0 Å². The Hall–Kier alpha value is -2.09. The minimum Gasteiger partial charge on any atom is -0.469 e. The standard InChI is InChI=1S/C21H26N2O4S.ClH/c1-27-21(24)11-4-16-2-9-20(10-3-16)28(25,26)23-19-7-5-17(6-8-19)18-12-14-22-15-13-18;/h2-3,5-10,18,22-23H,4,11-15H2,1H3;1H. The number of halogens is 1. The highest BCUT2D eigenvalue weighted by molar-refractivity contribution is 7.92. The molecule has 0 aromatic heterocycles. The first kappa shape index (κ1) is 23.2. The summed E-state index contributed by atoms with van der Waals surface area (Å²) in [5.41, 5.74) is 2.68. The van der Waals surface area contributed by atoms with Gasteiger partial charge in [-0.25, -0.2) is 8.42 Å². The normalized spacial score (nSPS) is 14.7. The third-order valence-corrected chi connectivity index (χ3v) is 6.45. The Morgan fingerprint density at radius 2 is 1.69 bits per heavy atom. The summed E-state index contributed by atoms with van der Waals surface area (Å²) in [7, 11) is -2.31. The van der Waals surface area contributed by atoms with Gasteiger partial charge in [0, 0.05) is 12.1 Å². The van der Waals surface area contributed by atoms with E-state index in [1.807, 2.05) is 24.3 Å². The van der Waals surface area contributed by atoms with E-state index in [-0.39, 0.29) is 29.7 Å². The monoisotopic (exact) mass is 438 g/mol. The average molecular weight is 439 g/mol. The number of aryl methyl sites for hydroxylation is 1. The maximum absolute atomic E-state index is 12.6. The summed E-state index contributed by atoms with van der Waals surface area (Å²) >= 11 is 0. The van der Waals surface area contributed by atoms with Crippen molar-refractivity contribution in [2.75, 3.05) is 24.9 Å². The van der Waals surface area contributed by atoms with Crippen LogP contribution in [0.4, 0.5) is 5.69 Å². The largest absolute Gasteiger partial charge is 0.469 e. The van der Waals surface area contributed by atoms with Crippen LogP contribution in [0.1, 0.15) is 36.3 Å². The number of carbonyl (C=O) groups excluding carboxylic acids is 1. The molecule has 0 saturated carbocycles. The van der Waals surface area contributed by atoms with E-state index >= 15 is 0 Å². The van der Waals surface area contributed by atoms with Gasteiger partial charge < -0.3 is 10.1 Å². The number of carbonyl (C=O) groups is 1. The summed E-state index contributed by atoms with van der Waals surface area (Å²) in [5, 5.41) is 3.35. The first-order valence-corrected chi connectivity index (χ1v) is 11.0. The Kier molecular flexibility index (Phi) is 8.49. The molecule has 0 spiro atoms. The molecule has 2 N–H and O–H groups in total. The van der Waals surface area contributed by atoms with Crippen LogP contribution < -0.4 is 10.0 Å². The lowest BCUT2D eigenvalue weighted by molar-refractivity contribution is -0.140. The van der Waals surface area contributed by atoms with Crippen LogP contribution >= 0.6 is 12.4 Å². The zero-order valence-corrected chi connectivity index (χ0v) is 18.0. The first-order valence-electron chi connectivity index (χ1n) is 9.47. The third-order valence-electron chi connectivity index (χ3n) is 5.05. The van der Waals surface area contributed by atoms with Gasteiger partial charge in [-0.1, -0.05) is 24.3 Å². The molecule has 1 aliphatic rings. The van der Waals surface area contributed by atoms with E-state index in [9.17, 15) is 13.2 Å². The Balaban J connectivity index is 0.00000300. The highest BCUT2D eigenvalue weighted by Gasteiger charge is 2.17. The topological polar surface area (TPSA) is 84.5 Å². The van der Waals surface area contributed by atoms with Crippen molar-refractivity contribution < 1.29 is 17.9 Å². The highest BCUT2D eigenvalue weighted by atomic mass is 35.5. The van der Waals surface area contributed by atoms with Gasteiger partial charge in [-0.15, -0.1) is 12.4 Å². The number of nitrogens with one attached hydrogen (secondary N) is 2. The van der Waals surface area contributed by atoms with Gasteiger partial charge in [-0.3, -0.25) is 9.52 Å². The lowest BCUT2D eigenvalue weighted by Crippen LogP contribution is -2.26. The van der Waals surface area contributed by atoms with Crippen molar-refractivity contribution >= 4 is 34.1 Å². The van der Waals surface area contributed by atoms with Crippen molar-refractivity contribution in [2.24, 2.45) is 0 Å². The molecule has 0 radical (unpaired) electrons. The number of hydrogen-bond acceptors (Lipinski definition) is 5. The van der Waals surface area contributed by atoms with Crippen LogP contribution in [0.3, 0.4) is 0 Å². The number of methoxy groups -OCH3 is 1. The van der Waals surface area contributed by atoms with Crippen LogP contribution in [0.2, 0.25) is 0 Å². The van der Waals surface area contributed by atoms with Crippen molar-refractivity contribution in [1.82, 2.24) is 5.32 Å². The Morgan fingerprint density at radius 1 is 1.07 bits per heavy atom. The van der Waals surface area contributed by atoms with Crippen molar-refractivity contribution in [3.63, 3.8) is 0 Å². The Bertz CT molecular complexity index is 893. The summed E-state index contributed by atoms with van der Waals surface area (Å²) in [4.78, 5) is 11.4. The Morgan fingerprint density at radius 3 is 2.28 bits per heavy atom. The van der Waals surface area contributed by atoms with Crippen LogP contribution in [0.25, 0.3) is 0 Å². The predicted molar refractivity (Wildman–Crippen MR) is 116 cm³/mol. The highest BCUT2D eigenvalue weighted by Crippen LogP contribution is 2.27. The molecule has 2 aromatic carbocycles. The third kappa shape index (κ3) is 6.45. The number of sulfonamides is 1. The summed E-state index contributed by atoms with van der Waals surface area (Å²) in [6, 6.07) is 14.2. The number of piperidine rings is 1. The number of esters is 1. The van der Waals surface area contributed by atoms with Crippen LogP contribution in [-0.2, 0) is 26.0 Å². The molecule has 158 valence electrons. The Labute approximate surface area is 178 Å². The fourth-order valence-electron chi connectivity index (χ4n) is 3.38. The molecule has 0 bridgehead atoms. The van der Waals surface area contributed by atoms with E-state index in [1.54, 1.807) is 24.3 Å². The van der Waals surface area contributed by atoms with Crippen LogP contribution in [0.15, 0.2) is 53.4 Å². The molecule has 1 saturated heterocycles. The maximum Gasteiger partial charge on any atom is 0.305 e. The quantitative estimate of drug-likeness (QED) is 0.646. The first-order chi connectivity index (χ1) is 13.5. The molecule has 1 fully saturated rings. The van der Waals surface area contributed by atoms with E-state index in [0.717, 1.165) is 31.5 Å². The van der Waals surface area contributed by atoms with E-state index in [0.29, 0.717) is 18.0 Å². The van der Waals surface area contributed by atoms with Gasteiger partial charge in [0.2, 0.25) is 0 Å². The minimum atomic E-state index is -3.66. The molecule has 1 aliphatic heterocycles. The molecule has 0 amide bonds. The van der Waals surface area contributed by atoms with Gasteiger partial charge >= 0.3 is 5.97 Å². The fourth-order valence-corrected chi connectivity index (χ4v) is 4.44. The van der Waals surface area contributed by atoms with Gasteiger partial charge in [0.15, 0.2) is 0 Å². The smallest absolute Gasteiger partial charge is 0.305 e. The van der Waals surface area contributed by atoms with E-state index < -0.39 is 10.0 Å². The van der Waals surface area contributed by atoms with Gasteiger partial charge in [-0.2, -0.15) is 0 Å². The maximum atomic E-state index is 12.6. The van der Waals surface area contributed by atoms with Crippen molar-refractivity contribution in [1.29, 1.82) is 0 Å². The number of ether oxygens (including phenoxy) is 1. The second-order valence-corrected chi connectivity index (χ2v) is 8.65. The molecular weight excluding hydrogens is 412 g/mol. The summed E-state index contributed by atoms with van der Waals surface area (Å²) in [6.45, 7) is 2.04. The molecule has 6 nitrogen and oxygen atoms in total. The lowest BCUT2D eigenvalue weighted by Gasteiger charge is -2.23. The van der Waals surface area contributed by atoms with E-state index in [1.165, 1.54) is 12.7 Å². The molecule has 3 rings (SSSR count). The van der Waals surface area contributed by atoms with Gasteiger partial charge in [-0.05, 0) is 73.7 Å². The second kappa shape index (κ2) is 10.6. The minimum absolute atomic E-state index is 0. The van der Waals surface area contributed by atoms with Crippen LogP contribution in [0.5, 0.6) is 0 Å². The van der Waals surface area contributed by atoms with Crippen LogP contribution in [0, 0.1) is 0 Å².